The van der Waals surface area contributed by atoms with Gasteiger partial charge in [-0.3, -0.25) is 0 Å². The summed E-state index contributed by atoms with van der Waals surface area (Å²) in [6.07, 6.45) is 0. The molecule has 0 spiro atoms. The Morgan fingerprint density at radius 3 is 2.50 bits per heavy atom. The molecule has 1 atom stereocenters. The molecule has 0 fully saturated rings. The molecule has 0 aliphatic rings. The molecule has 0 saturated carbocycles. The Kier molecular flexibility index (Phi) is 3.57. The van der Waals surface area contributed by atoms with Gasteiger partial charge < -0.3 is 0 Å². The van der Waals surface area contributed by atoms with Gasteiger partial charge in [-0.15, -0.1) is 0 Å². The van der Waals surface area contributed by atoms with Crippen molar-refractivity contribution in [3.63, 3.8) is 0 Å². The van der Waals surface area contributed by atoms with E-state index in [1.165, 1.54) is 0 Å². The second kappa shape index (κ2) is 3.43. The zero-order chi connectivity index (χ0) is 4.99. The maximum atomic E-state index is 9.59. The van der Waals surface area contributed by atoms with E-state index in [2.05, 4.69) is 3.82 Å². The Morgan fingerprint density at radius 1 is 2.00 bits per heavy atom. The van der Waals surface area contributed by atoms with Gasteiger partial charge in [-0.1, -0.05) is 0 Å². The van der Waals surface area contributed by atoms with Gasteiger partial charge in [-0.25, -0.2) is 0 Å². The Hall–Kier alpha value is 0.239. The van der Waals surface area contributed by atoms with Gasteiger partial charge in [0.2, 0.25) is 0 Å². The minimum absolute atomic E-state index is 0.324. The van der Waals surface area contributed by atoms with Crippen molar-refractivity contribution in [3.05, 3.63) is 0 Å². The predicted molar refractivity (Wildman–Crippen MR) is 20.3 cm³/mol. The third-order valence-corrected chi connectivity index (χ3v) is 1.14. The van der Waals surface area contributed by atoms with Gasteiger partial charge >= 0.3 is 39.9 Å². The average molecular weight is 157 g/mol. The molecule has 0 saturated heterocycles. The summed E-state index contributed by atoms with van der Waals surface area (Å²) < 4.78 is 21.7. The van der Waals surface area contributed by atoms with E-state index in [1.54, 1.807) is 6.92 Å². The summed E-state index contributed by atoms with van der Waals surface area (Å²) in [6, 6.07) is 0. The summed E-state index contributed by atoms with van der Waals surface area (Å²) in [7, 11) is 0. The first kappa shape index (κ1) is 6.24. The molecular formula is C2H6O3Se. The fraction of sp³-hybridized carbons (Fsp3) is 1.00. The molecule has 0 aliphatic heterocycles. The molecule has 0 radical (unpaired) electrons. The van der Waals surface area contributed by atoms with E-state index in [0.29, 0.717) is 6.61 Å². The van der Waals surface area contributed by atoms with E-state index in [1.807, 2.05) is 0 Å². The molecule has 3 nitrogen and oxygen atoms in total. The SMILES string of the molecule is CCO[Se](=O)O. The summed E-state index contributed by atoms with van der Waals surface area (Å²) in [5, 5.41) is 0. The van der Waals surface area contributed by atoms with Crippen LogP contribution in [0.1, 0.15) is 6.92 Å². The minimum atomic E-state index is -2.81. The molecule has 0 rings (SSSR count). The van der Waals surface area contributed by atoms with Gasteiger partial charge in [0.05, 0.1) is 0 Å². The summed E-state index contributed by atoms with van der Waals surface area (Å²) >= 11 is -2.81. The van der Waals surface area contributed by atoms with Crippen LogP contribution in [0.2, 0.25) is 0 Å². The second-order valence-electron chi connectivity index (χ2n) is 0.624. The van der Waals surface area contributed by atoms with E-state index in [4.69, 9.17) is 4.19 Å². The molecule has 0 aromatic carbocycles. The van der Waals surface area contributed by atoms with Gasteiger partial charge in [-0.2, -0.15) is 0 Å². The van der Waals surface area contributed by atoms with Crippen molar-refractivity contribution in [3.8, 4) is 0 Å². The Bertz CT molecular complexity index is 52.8. The van der Waals surface area contributed by atoms with Gasteiger partial charge in [0.15, 0.2) is 0 Å². The molecule has 0 aliphatic carbocycles. The number of hydrogen-bond acceptors (Lipinski definition) is 2. The summed E-state index contributed by atoms with van der Waals surface area (Å²) in [6.45, 7) is 2.00. The van der Waals surface area contributed by atoms with Gasteiger partial charge in [0.25, 0.3) is 0 Å². The van der Waals surface area contributed by atoms with Crippen molar-refractivity contribution < 1.29 is 11.8 Å². The van der Waals surface area contributed by atoms with E-state index in [9.17, 15) is 3.83 Å². The first-order chi connectivity index (χ1) is 2.77. The van der Waals surface area contributed by atoms with Crippen LogP contribution in [0.4, 0.5) is 0 Å². The van der Waals surface area contributed by atoms with Crippen LogP contribution in [0.15, 0.2) is 0 Å². The third-order valence-electron chi connectivity index (χ3n) is 0.219. The first-order valence-corrected chi connectivity index (χ1v) is 3.68. The molecule has 1 N–H and O–H groups in total. The fourth-order valence-corrected chi connectivity index (χ4v) is 0.524. The van der Waals surface area contributed by atoms with Crippen molar-refractivity contribution in [2.24, 2.45) is 0 Å². The van der Waals surface area contributed by atoms with Crippen LogP contribution < -0.4 is 0 Å². The van der Waals surface area contributed by atoms with Gasteiger partial charge in [0.1, 0.15) is 0 Å². The number of hydrogen-bond donors (Lipinski definition) is 1. The normalized spacial score (nSPS) is 14.3. The predicted octanol–water partition coefficient (Wildman–Crippen LogP) is -0.569. The molecular weight excluding hydrogens is 151 g/mol. The van der Waals surface area contributed by atoms with E-state index < -0.39 is 14.5 Å². The maximum absolute atomic E-state index is 9.59. The molecule has 6 heavy (non-hydrogen) atoms. The van der Waals surface area contributed by atoms with E-state index >= 15 is 0 Å². The van der Waals surface area contributed by atoms with Crippen LogP contribution >= 0.6 is 0 Å². The molecule has 0 heterocycles. The third kappa shape index (κ3) is 4.24. The van der Waals surface area contributed by atoms with Crippen molar-refractivity contribution in [1.82, 2.24) is 0 Å². The van der Waals surface area contributed by atoms with Crippen molar-refractivity contribution in [2.75, 3.05) is 6.61 Å². The topological polar surface area (TPSA) is 46.5 Å². The first-order valence-electron chi connectivity index (χ1n) is 1.51. The fourth-order valence-electron chi connectivity index (χ4n) is 0.101. The summed E-state index contributed by atoms with van der Waals surface area (Å²) in [4.78, 5) is 0. The van der Waals surface area contributed by atoms with Crippen molar-refractivity contribution in [2.45, 2.75) is 6.92 Å². The molecule has 0 bridgehead atoms. The van der Waals surface area contributed by atoms with Crippen LogP contribution in [0, 0.1) is 0 Å². The van der Waals surface area contributed by atoms with Crippen LogP contribution in [-0.4, -0.2) is 25.3 Å². The zero-order valence-corrected chi connectivity index (χ0v) is 5.09. The van der Waals surface area contributed by atoms with Crippen LogP contribution in [-0.2, 0) is 7.65 Å². The number of rotatable bonds is 2. The van der Waals surface area contributed by atoms with Crippen LogP contribution in [0.3, 0.4) is 0 Å². The quantitative estimate of drug-likeness (QED) is 0.546. The summed E-state index contributed by atoms with van der Waals surface area (Å²) in [5.41, 5.74) is 0. The molecule has 4 heteroatoms. The molecule has 0 aromatic rings. The van der Waals surface area contributed by atoms with E-state index in [-0.39, 0.29) is 0 Å². The Morgan fingerprint density at radius 2 is 2.50 bits per heavy atom. The molecule has 38 valence electrons. The van der Waals surface area contributed by atoms with Crippen LogP contribution in [0.25, 0.3) is 0 Å². The average Bonchev–Trinajstić information content (AvgIpc) is 1.35. The van der Waals surface area contributed by atoms with E-state index in [0.717, 1.165) is 0 Å². The zero-order valence-electron chi connectivity index (χ0n) is 3.38. The molecule has 1 unspecified atom stereocenters. The second-order valence-corrected chi connectivity index (χ2v) is 2.03. The Balaban J connectivity index is 2.83. The van der Waals surface area contributed by atoms with Crippen molar-refractivity contribution in [1.29, 1.82) is 0 Å². The van der Waals surface area contributed by atoms with Gasteiger partial charge in [0, 0.05) is 0 Å². The standard InChI is InChI=1S/C2H6O3Se/c1-2-5-6(3)4/h2H2,1H3,(H,3,4). The summed E-state index contributed by atoms with van der Waals surface area (Å²) in [5.74, 6) is 0. The van der Waals surface area contributed by atoms with Crippen LogP contribution in [0.5, 0.6) is 0 Å². The Labute approximate surface area is 40.7 Å². The monoisotopic (exact) mass is 158 g/mol. The van der Waals surface area contributed by atoms with Crippen molar-refractivity contribution >= 4 is 14.5 Å². The molecule has 0 aromatic heterocycles. The molecule has 0 amide bonds. The van der Waals surface area contributed by atoms with Gasteiger partial charge in [-0.05, 0) is 0 Å².